The Morgan fingerprint density at radius 2 is 1.64 bits per heavy atom. The molecule has 72 valence electrons. The first-order valence-electron chi connectivity index (χ1n) is 5.29. The minimum absolute atomic E-state index is 1.11. The summed E-state index contributed by atoms with van der Waals surface area (Å²) in [5.74, 6) is 0. The molecule has 1 heterocycles. The molecule has 14 heavy (non-hydrogen) atoms. The summed E-state index contributed by atoms with van der Waals surface area (Å²) >= 11 is 0. The average Bonchev–Trinajstić information content (AvgIpc) is 2.23. The van der Waals surface area contributed by atoms with Gasteiger partial charge in [-0.05, 0) is 26.2 Å². The third kappa shape index (κ3) is 2.63. The highest BCUT2D eigenvalue weighted by atomic mass is 15.2. The first kappa shape index (κ1) is 9.81. The molecule has 0 amide bonds. The lowest BCUT2D eigenvalue weighted by Crippen LogP contribution is -2.49. The van der Waals surface area contributed by atoms with Gasteiger partial charge in [0, 0.05) is 0 Å². The fourth-order valence-electron chi connectivity index (χ4n) is 1.85. The van der Waals surface area contributed by atoms with Crippen LogP contribution in [0.25, 0.3) is 0 Å². The van der Waals surface area contributed by atoms with E-state index >= 15 is 0 Å². The van der Waals surface area contributed by atoms with E-state index < -0.39 is 0 Å². The average molecular weight is 186 g/mol. The molecule has 0 atom stereocenters. The smallest absolute Gasteiger partial charge is 0.238 e. The van der Waals surface area contributed by atoms with E-state index in [0.29, 0.717) is 0 Å². The molecule has 1 aromatic carbocycles. The predicted molar refractivity (Wildman–Crippen MR) is 64.9 cm³/mol. The number of benzene rings is 1. The Labute approximate surface area is 87.6 Å². The van der Waals surface area contributed by atoms with E-state index in [9.17, 15) is 0 Å². The van der Waals surface area contributed by atoms with Gasteiger partial charge in [-0.25, -0.2) is 0 Å². The van der Waals surface area contributed by atoms with Crippen LogP contribution in [-0.4, -0.2) is 51.2 Å². The first-order chi connectivity index (χ1) is 6.84. The molecule has 1 saturated heterocycles. The quantitative estimate of drug-likeness (QED) is 0.537. The summed E-state index contributed by atoms with van der Waals surface area (Å²) in [6.45, 7) is 4.80. The summed E-state index contributed by atoms with van der Waals surface area (Å²) in [7, 11) is 3.30. The number of piperazine rings is 1. The topological polar surface area (TPSA) is 6.48 Å². The third-order valence-corrected chi connectivity index (χ3v) is 2.84. The summed E-state index contributed by atoms with van der Waals surface area (Å²) in [6, 6.07) is 10.7. The molecule has 1 aliphatic rings. The van der Waals surface area contributed by atoms with Gasteiger partial charge in [-0.15, -0.1) is 0 Å². The van der Waals surface area contributed by atoms with Crippen molar-refractivity contribution < 1.29 is 0 Å². The molecule has 1 aromatic rings. The molecule has 4 heteroatoms. The predicted octanol–water partition coefficient (Wildman–Crippen LogP) is -1.17. The molecular weight excluding hydrogens is 170 g/mol. The summed E-state index contributed by atoms with van der Waals surface area (Å²) in [4.78, 5) is 4.91. The molecule has 0 spiro atoms. The van der Waals surface area contributed by atoms with Gasteiger partial charge >= 0.3 is 0 Å². The van der Waals surface area contributed by atoms with Crippen molar-refractivity contribution in [2.24, 2.45) is 0 Å². The van der Waals surface area contributed by atoms with Gasteiger partial charge in [0.25, 0.3) is 0 Å². The maximum atomic E-state index is 2.52. The summed E-state index contributed by atoms with van der Waals surface area (Å²) < 4.78 is 0. The Morgan fingerprint density at radius 3 is 2.29 bits per heavy atom. The maximum Gasteiger partial charge on any atom is 0.238 e. The standard InChI is InChI=1S/C10H16B2N2/c11-13-6-8-14(9-7-13)12-10-4-2-1-3-5-10/h1-5,12H,6-9,11H2. The molecule has 2 nitrogen and oxygen atoms in total. The van der Waals surface area contributed by atoms with Crippen molar-refractivity contribution in [1.82, 2.24) is 9.62 Å². The van der Waals surface area contributed by atoms with Crippen molar-refractivity contribution in [3.63, 3.8) is 0 Å². The zero-order valence-corrected chi connectivity index (χ0v) is 8.82. The van der Waals surface area contributed by atoms with E-state index in [0.717, 1.165) is 7.41 Å². The highest BCUT2D eigenvalue weighted by Crippen LogP contribution is 1.96. The van der Waals surface area contributed by atoms with Crippen molar-refractivity contribution in [1.29, 1.82) is 0 Å². The van der Waals surface area contributed by atoms with Gasteiger partial charge in [-0.1, -0.05) is 35.8 Å². The van der Waals surface area contributed by atoms with Crippen LogP contribution in [0.4, 0.5) is 0 Å². The Kier molecular flexibility index (Phi) is 3.27. The third-order valence-electron chi connectivity index (χ3n) is 2.84. The zero-order valence-electron chi connectivity index (χ0n) is 8.82. The Hall–Kier alpha value is -0.730. The molecule has 0 radical (unpaired) electrons. The molecule has 0 saturated carbocycles. The van der Waals surface area contributed by atoms with E-state index in [1.54, 1.807) is 0 Å². The van der Waals surface area contributed by atoms with Gasteiger partial charge in [0.2, 0.25) is 7.41 Å². The van der Waals surface area contributed by atoms with Crippen LogP contribution in [0.3, 0.4) is 0 Å². The second-order valence-corrected chi connectivity index (χ2v) is 4.07. The highest BCUT2D eigenvalue weighted by Gasteiger charge is 2.14. The van der Waals surface area contributed by atoms with Gasteiger partial charge in [0.15, 0.2) is 7.98 Å². The number of rotatable bonds is 2. The highest BCUT2D eigenvalue weighted by molar-refractivity contribution is 6.50. The van der Waals surface area contributed by atoms with Crippen LogP contribution in [0, 0.1) is 0 Å². The molecule has 0 unspecified atom stereocenters. The molecule has 1 aliphatic heterocycles. The summed E-state index contributed by atoms with van der Waals surface area (Å²) in [5.41, 5.74) is 1.43. The van der Waals surface area contributed by atoms with Crippen molar-refractivity contribution in [2.75, 3.05) is 26.2 Å². The van der Waals surface area contributed by atoms with Gasteiger partial charge in [-0.2, -0.15) is 0 Å². The first-order valence-corrected chi connectivity index (χ1v) is 5.29. The molecule has 0 aliphatic carbocycles. The summed E-state index contributed by atoms with van der Waals surface area (Å²) in [5, 5.41) is 0. The largest absolute Gasteiger partial charge is 0.347 e. The van der Waals surface area contributed by atoms with Gasteiger partial charge < -0.3 is 9.62 Å². The summed E-state index contributed by atoms with van der Waals surface area (Å²) in [6.07, 6.45) is 0. The Morgan fingerprint density at radius 1 is 1.00 bits per heavy atom. The number of hydrogen-bond acceptors (Lipinski definition) is 2. The van der Waals surface area contributed by atoms with E-state index in [1.807, 2.05) is 0 Å². The van der Waals surface area contributed by atoms with Crippen LogP contribution in [0.5, 0.6) is 0 Å². The van der Waals surface area contributed by atoms with E-state index in [4.69, 9.17) is 0 Å². The van der Waals surface area contributed by atoms with Crippen molar-refractivity contribution in [2.45, 2.75) is 0 Å². The van der Waals surface area contributed by atoms with Crippen LogP contribution >= 0.6 is 0 Å². The van der Waals surface area contributed by atoms with Crippen LogP contribution in [-0.2, 0) is 0 Å². The van der Waals surface area contributed by atoms with Gasteiger partial charge in [-0.3, -0.25) is 0 Å². The normalized spacial score (nSPS) is 19.4. The number of nitrogens with zero attached hydrogens (tertiary/aromatic N) is 2. The van der Waals surface area contributed by atoms with Crippen molar-refractivity contribution in [3.05, 3.63) is 30.3 Å². The van der Waals surface area contributed by atoms with Gasteiger partial charge in [0.05, 0.1) is 0 Å². The molecular formula is C10H16B2N2. The van der Waals surface area contributed by atoms with Crippen LogP contribution in [0.1, 0.15) is 0 Å². The Balaban J connectivity index is 1.87. The van der Waals surface area contributed by atoms with Crippen LogP contribution < -0.4 is 5.46 Å². The fraction of sp³-hybridized carbons (Fsp3) is 0.400. The zero-order chi connectivity index (χ0) is 9.80. The second kappa shape index (κ2) is 4.67. The molecule has 0 aromatic heterocycles. The minimum Gasteiger partial charge on any atom is -0.347 e. The fourth-order valence-corrected chi connectivity index (χ4v) is 1.85. The number of hydrogen-bond donors (Lipinski definition) is 0. The van der Waals surface area contributed by atoms with Crippen molar-refractivity contribution >= 4 is 20.9 Å². The second-order valence-electron chi connectivity index (χ2n) is 4.07. The lowest BCUT2D eigenvalue weighted by Gasteiger charge is -2.32. The van der Waals surface area contributed by atoms with E-state index in [1.165, 1.54) is 31.6 Å². The Bertz CT molecular complexity index is 271. The molecule has 1 fully saturated rings. The minimum atomic E-state index is 1.11. The lowest BCUT2D eigenvalue weighted by atomic mass is 9.80. The molecule has 0 bridgehead atoms. The van der Waals surface area contributed by atoms with E-state index in [2.05, 4.69) is 47.9 Å². The molecule has 2 rings (SSSR count). The maximum absolute atomic E-state index is 2.52. The SMILES string of the molecule is BN1CCN(Bc2ccccc2)CC1. The van der Waals surface area contributed by atoms with E-state index in [-0.39, 0.29) is 0 Å². The van der Waals surface area contributed by atoms with Crippen LogP contribution in [0.15, 0.2) is 30.3 Å². The van der Waals surface area contributed by atoms with Crippen LogP contribution in [0.2, 0.25) is 0 Å². The molecule has 0 N–H and O–H groups in total. The van der Waals surface area contributed by atoms with Crippen molar-refractivity contribution in [3.8, 4) is 0 Å². The van der Waals surface area contributed by atoms with Gasteiger partial charge in [0.1, 0.15) is 0 Å². The lowest BCUT2D eigenvalue weighted by molar-refractivity contribution is 0.288. The monoisotopic (exact) mass is 186 g/mol.